The number of aromatic nitrogens is 3. The highest BCUT2D eigenvalue weighted by molar-refractivity contribution is 7.16. The van der Waals surface area contributed by atoms with Crippen LogP contribution in [0.4, 0.5) is 10.8 Å². The zero-order valence-electron chi connectivity index (χ0n) is 8.47. The van der Waals surface area contributed by atoms with E-state index in [0.717, 1.165) is 17.0 Å². The summed E-state index contributed by atoms with van der Waals surface area (Å²) in [5, 5.41) is 10.4. The van der Waals surface area contributed by atoms with Gasteiger partial charge in [-0.1, -0.05) is 11.3 Å². The molecule has 2 rings (SSSR count). The van der Waals surface area contributed by atoms with E-state index in [1.54, 1.807) is 12.3 Å². The summed E-state index contributed by atoms with van der Waals surface area (Å²) in [5.41, 5.74) is 6.88. The molecule has 0 aliphatic rings. The van der Waals surface area contributed by atoms with Crippen molar-refractivity contribution >= 4 is 28.1 Å². The third kappa shape index (κ3) is 2.31. The fraction of sp³-hybridized carbons (Fsp3) is 0.111. The topological polar surface area (TPSA) is 93.8 Å². The van der Waals surface area contributed by atoms with Gasteiger partial charge in [0.15, 0.2) is 0 Å². The monoisotopic (exact) mass is 235 g/mol. The highest BCUT2D eigenvalue weighted by Gasteiger charge is 2.11. The second-order valence-electron chi connectivity index (χ2n) is 3.09. The van der Waals surface area contributed by atoms with Gasteiger partial charge in [-0.3, -0.25) is 9.78 Å². The molecule has 0 unspecified atom stereocenters. The summed E-state index contributed by atoms with van der Waals surface area (Å²) in [6.07, 6.45) is 1.58. The van der Waals surface area contributed by atoms with Crippen molar-refractivity contribution in [2.45, 2.75) is 6.92 Å². The highest BCUT2D eigenvalue weighted by Crippen LogP contribution is 2.13. The van der Waals surface area contributed by atoms with Crippen molar-refractivity contribution < 1.29 is 4.79 Å². The summed E-state index contributed by atoms with van der Waals surface area (Å²) in [6, 6.07) is 3.58. The summed E-state index contributed by atoms with van der Waals surface area (Å²) in [4.78, 5) is 15.7. The third-order valence-electron chi connectivity index (χ3n) is 1.80. The van der Waals surface area contributed by atoms with E-state index in [1.807, 2.05) is 13.0 Å². The Bertz CT molecular complexity index is 507. The van der Waals surface area contributed by atoms with E-state index in [9.17, 15) is 4.79 Å². The minimum Gasteiger partial charge on any atom is -0.374 e. The molecule has 0 atom stereocenters. The van der Waals surface area contributed by atoms with Crippen LogP contribution in [0.25, 0.3) is 0 Å². The number of anilines is 2. The summed E-state index contributed by atoms with van der Waals surface area (Å²) >= 11 is 1.04. The number of nitrogens with one attached hydrogen (secondary N) is 1. The normalized spacial score (nSPS) is 10.1. The molecular formula is C9H9N5OS. The van der Waals surface area contributed by atoms with Crippen LogP contribution in [0.5, 0.6) is 0 Å². The molecule has 2 aromatic heterocycles. The van der Waals surface area contributed by atoms with Gasteiger partial charge in [0.2, 0.25) is 10.1 Å². The van der Waals surface area contributed by atoms with Crippen LogP contribution >= 0.6 is 11.3 Å². The predicted octanol–water partition coefficient (Wildman–Crippen LogP) is 1.08. The molecule has 3 N–H and O–H groups in total. The summed E-state index contributed by atoms with van der Waals surface area (Å²) in [7, 11) is 0. The molecule has 0 spiro atoms. The maximum Gasteiger partial charge on any atom is 0.286 e. The molecule has 0 aliphatic heterocycles. The molecule has 0 aliphatic carbocycles. The van der Waals surface area contributed by atoms with Crippen LogP contribution in [-0.4, -0.2) is 21.1 Å². The lowest BCUT2D eigenvalue weighted by Crippen LogP contribution is -2.11. The molecule has 6 nitrogen and oxygen atoms in total. The molecule has 0 bridgehead atoms. The van der Waals surface area contributed by atoms with Crippen molar-refractivity contribution in [3.8, 4) is 0 Å². The van der Waals surface area contributed by atoms with Crippen molar-refractivity contribution in [3.05, 3.63) is 29.0 Å². The van der Waals surface area contributed by atoms with Crippen molar-refractivity contribution in [3.63, 3.8) is 0 Å². The number of nitrogens with two attached hydrogens (primary N) is 1. The van der Waals surface area contributed by atoms with Crippen LogP contribution in [0.3, 0.4) is 0 Å². The lowest BCUT2D eigenvalue weighted by molar-refractivity contribution is 0.102. The Kier molecular flexibility index (Phi) is 2.78. The summed E-state index contributed by atoms with van der Waals surface area (Å²) in [5.74, 6) is -0.333. The second kappa shape index (κ2) is 4.23. The molecule has 2 aromatic rings. The smallest absolute Gasteiger partial charge is 0.286 e. The van der Waals surface area contributed by atoms with Gasteiger partial charge in [0.05, 0.1) is 11.9 Å². The van der Waals surface area contributed by atoms with Crippen LogP contribution in [-0.2, 0) is 0 Å². The number of nitrogen functional groups attached to an aromatic ring is 1. The highest BCUT2D eigenvalue weighted by atomic mass is 32.1. The van der Waals surface area contributed by atoms with Crippen LogP contribution in [0.2, 0.25) is 0 Å². The van der Waals surface area contributed by atoms with Gasteiger partial charge in [-0.15, -0.1) is 10.2 Å². The molecule has 1 amide bonds. The van der Waals surface area contributed by atoms with Crippen LogP contribution in [0, 0.1) is 6.92 Å². The largest absolute Gasteiger partial charge is 0.374 e. The van der Waals surface area contributed by atoms with Crippen molar-refractivity contribution in [2.75, 3.05) is 11.1 Å². The number of carbonyl (C=O) groups is 1. The molecule has 82 valence electrons. The number of carbonyl (C=O) groups excluding carboxylic acids is 1. The van der Waals surface area contributed by atoms with E-state index in [1.165, 1.54) is 0 Å². The summed E-state index contributed by atoms with van der Waals surface area (Å²) in [6.45, 7) is 1.87. The van der Waals surface area contributed by atoms with Crippen molar-refractivity contribution in [1.82, 2.24) is 15.2 Å². The lowest BCUT2D eigenvalue weighted by Gasteiger charge is -2.01. The van der Waals surface area contributed by atoms with E-state index in [4.69, 9.17) is 5.73 Å². The van der Waals surface area contributed by atoms with Gasteiger partial charge < -0.3 is 11.1 Å². The van der Waals surface area contributed by atoms with E-state index < -0.39 is 0 Å². The third-order valence-corrected chi connectivity index (χ3v) is 2.56. The Morgan fingerprint density at radius 1 is 1.44 bits per heavy atom. The zero-order valence-corrected chi connectivity index (χ0v) is 9.28. The minimum absolute atomic E-state index is 0.234. The Hall–Kier alpha value is -2.02. The molecule has 2 heterocycles. The quantitative estimate of drug-likeness (QED) is 0.812. The van der Waals surface area contributed by atoms with Crippen LogP contribution < -0.4 is 11.1 Å². The van der Waals surface area contributed by atoms with Gasteiger partial charge in [0, 0.05) is 5.69 Å². The van der Waals surface area contributed by atoms with E-state index in [0.29, 0.717) is 5.69 Å². The number of hydrogen-bond acceptors (Lipinski definition) is 6. The molecule has 0 saturated heterocycles. The fourth-order valence-electron chi connectivity index (χ4n) is 1.05. The molecule has 7 heteroatoms. The molecule has 16 heavy (non-hydrogen) atoms. The van der Waals surface area contributed by atoms with Gasteiger partial charge in [0.25, 0.3) is 5.91 Å². The predicted molar refractivity (Wildman–Crippen MR) is 61.2 cm³/mol. The van der Waals surface area contributed by atoms with Gasteiger partial charge in [0.1, 0.15) is 0 Å². The van der Waals surface area contributed by atoms with Gasteiger partial charge >= 0.3 is 0 Å². The Morgan fingerprint density at radius 3 is 2.81 bits per heavy atom. The zero-order chi connectivity index (χ0) is 11.5. The first-order valence-electron chi connectivity index (χ1n) is 4.48. The lowest BCUT2D eigenvalue weighted by atomic mass is 10.3. The van der Waals surface area contributed by atoms with Gasteiger partial charge in [-0.25, -0.2) is 0 Å². The first kappa shape index (κ1) is 10.5. The Morgan fingerprint density at radius 2 is 2.25 bits per heavy atom. The number of rotatable bonds is 2. The fourth-order valence-corrected chi connectivity index (χ4v) is 1.56. The van der Waals surface area contributed by atoms with E-state index in [-0.39, 0.29) is 16.0 Å². The van der Waals surface area contributed by atoms with E-state index >= 15 is 0 Å². The number of nitrogens with zero attached hydrogens (tertiary/aromatic N) is 3. The Labute approximate surface area is 95.5 Å². The molecule has 0 radical (unpaired) electrons. The number of pyridine rings is 1. The number of amides is 1. The SMILES string of the molecule is Cc1ccc(NC(=O)c2nnc(N)s2)cn1. The molecule has 0 aromatic carbocycles. The van der Waals surface area contributed by atoms with Crippen molar-refractivity contribution in [1.29, 1.82) is 0 Å². The van der Waals surface area contributed by atoms with Gasteiger partial charge in [-0.05, 0) is 19.1 Å². The average molecular weight is 235 g/mol. The average Bonchev–Trinajstić information content (AvgIpc) is 2.68. The standard InChI is InChI=1S/C9H9N5OS/c1-5-2-3-6(4-11-5)12-7(15)8-13-14-9(10)16-8/h2-4H,1H3,(H2,10,14)(H,12,15). The first-order valence-corrected chi connectivity index (χ1v) is 5.30. The molecular weight excluding hydrogens is 226 g/mol. The van der Waals surface area contributed by atoms with Gasteiger partial charge in [-0.2, -0.15) is 0 Å². The van der Waals surface area contributed by atoms with Crippen LogP contribution in [0.1, 0.15) is 15.5 Å². The number of hydrogen-bond donors (Lipinski definition) is 2. The second-order valence-corrected chi connectivity index (χ2v) is 4.10. The van der Waals surface area contributed by atoms with Crippen molar-refractivity contribution in [2.24, 2.45) is 0 Å². The minimum atomic E-state index is -0.333. The summed E-state index contributed by atoms with van der Waals surface area (Å²) < 4.78 is 0. The number of aryl methyl sites for hydroxylation is 1. The maximum absolute atomic E-state index is 11.6. The van der Waals surface area contributed by atoms with E-state index in [2.05, 4.69) is 20.5 Å². The molecule has 0 fully saturated rings. The molecule has 0 saturated carbocycles. The first-order chi connectivity index (χ1) is 7.65. The maximum atomic E-state index is 11.6. The van der Waals surface area contributed by atoms with Crippen LogP contribution in [0.15, 0.2) is 18.3 Å². The Balaban J connectivity index is 2.10.